The van der Waals surface area contributed by atoms with Gasteiger partial charge in [-0.3, -0.25) is 5.32 Å². The van der Waals surface area contributed by atoms with Crippen molar-refractivity contribution in [3.63, 3.8) is 0 Å². The van der Waals surface area contributed by atoms with E-state index in [1.165, 1.54) is 4.90 Å². The van der Waals surface area contributed by atoms with E-state index in [9.17, 15) is 14.7 Å². The Morgan fingerprint density at radius 2 is 1.85 bits per heavy atom. The van der Waals surface area contributed by atoms with Gasteiger partial charge in [0.05, 0.1) is 5.56 Å². The highest BCUT2D eigenvalue weighted by Gasteiger charge is 2.23. The molecular weight excluding hydrogens is 438 g/mol. The molecule has 34 heavy (non-hydrogen) atoms. The van der Waals surface area contributed by atoms with Crippen LogP contribution in [0.25, 0.3) is 28.5 Å². The van der Waals surface area contributed by atoms with Crippen LogP contribution in [0, 0.1) is 0 Å². The van der Waals surface area contributed by atoms with Gasteiger partial charge in [-0.05, 0) is 56.5 Å². The third kappa shape index (κ3) is 5.40. The van der Waals surface area contributed by atoms with Crippen LogP contribution in [0.5, 0.6) is 0 Å². The van der Waals surface area contributed by atoms with Crippen molar-refractivity contribution in [1.82, 2.24) is 20.1 Å². The van der Waals surface area contributed by atoms with Crippen molar-refractivity contribution in [3.05, 3.63) is 54.2 Å². The Balaban J connectivity index is 1.69. The van der Waals surface area contributed by atoms with E-state index in [0.717, 1.165) is 16.7 Å². The second-order valence-electron chi connectivity index (χ2n) is 8.73. The Hall–Kier alpha value is -4.21. The molecule has 1 aliphatic rings. The first-order valence-corrected chi connectivity index (χ1v) is 10.8. The number of hydrogen-bond acceptors (Lipinski definition) is 7. The highest BCUT2D eigenvalue weighted by Crippen LogP contribution is 2.32. The average molecular weight is 463 g/mol. The first-order valence-electron chi connectivity index (χ1n) is 10.8. The van der Waals surface area contributed by atoms with E-state index in [1.54, 1.807) is 33.0 Å². The van der Waals surface area contributed by atoms with Crippen LogP contribution in [-0.4, -0.2) is 56.1 Å². The lowest BCUT2D eigenvalue weighted by atomic mass is 9.99. The number of rotatable bonds is 4. The van der Waals surface area contributed by atoms with Gasteiger partial charge < -0.3 is 19.2 Å². The molecule has 0 unspecified atom stereocenters. The summed E-state index contributed by atoms with van der Waals surface area (Å²) < 4.78 is 11.3. The molecule has 2 amide bonds. The van der Waals surface area contributed by atoms with Gasteiger partial charge in [-0.15, -0.1) is 10.2 Å². The molecule has 2 aromatic heterocycles. The molecule has 0 radical (unpaired) electrons. The Labute approximate surface area is 196 Å². The highest BCUT2D eigenvalue weighted by atomic mass is 16.6. The molecule has 10 nitrogen and oxygen atoms in total. The van der Waals surface area contributed by atoms with Crippen molar-refractivity contribution in [2.75, 3.05) is 18.4 Å². The van der Waals surface area contributed by atoms with E-state index >= 15 is 0 Å². The molecule has 0 bridgehead atoms. The summed E-state index contributed by atoms with van der Waals surface area (Å²) in [6.07, 6.45) is 2.39. The molecule has 2 N–H and O–H groups in total. The summed E-state index contributed by atoms with van der Waals surface area (Å²) in [5.74, 6) is 0.728. The lowest BCUT2D eigenvalue weighted by Gasteiger charge is -2.24. The van der Waals surface area contributed by atoms with E-state index in [4.69, 9.17) is 9.15 Å². The summed E-state index contributed by atoms with van der Waals surface area (Å²) in [5.41, 5.74) is 2.22. The minimum Gasteiger partial charge on any atom is -0.465 e. The molecular formula is C24H25N5O5. The SMILES string of the molecule is CC(C)(C)OC(=O)Nc1ncc(C2=CCN(C(=O)O)CC2)cc1-c1nnc(-c2ccccc2)o1. The molecule has 3 heterocycles. The number of carbonyl (C=O) groups excluding carboxylic acids is 1. The van der Waals surface area contributed by atoms with Gasteiger partial charge in [0, 0.05) is 24.8 Å². The molecule has 0 fully saturated rings. The van der Waals surface area contributed by atoms with Crippen molar-refractivity contribution in [2.45, 2.75) is 32.8 Å². The van der Waals surface area contributed by atoms with Crippen LogP contribution in [0.15, 0.2) is 53.1 Å². The summed E-state index contributed by atoms with van der Waals surface area (Å²) >= 11 is 0. The predicted octanol–water partition coefficient (Wildman–Crippen LogP) is 4.91. The van der Waals surface area contributed by atoms with Gasteiger partial charge in [0.1, 0.15) is 11.4 Å². The fraction of sp³-hybridized carbons (Fsp3) is 0.292. The molecule has 176 valence electrons. The number of nitrogens with zero attached hydrogens (tertiary/aromatic N) is 4. The third-order valence-electron chi connectivity index (χ3n) is 5.03. The summed E-state index contributed by atoms with van der Waals surface area (Å²) in [4.78, 5) is 29.4. The number of anilines is 1. The molecule has 1 aliphatic heterocycles. The molecule has 0 spiro atoms. The molecule has 1 aromatic carbocycles. The van der Waals surface area contributed by atoms with E-state index in [0.29, 0.717) is 24.4 Å². The average Bonchev–Trinajstić information content (AvgIpc) is 3.29. The van der Waals surface area contributed by atoms with Gasteiger partial charge in [-0.25, -0.2) is 14.6 Å². The van der Waals surface area contributed by atoms with Gasteiger partial charge >= 0.3 is 12.2 Å². The van der Waals surface area contributed by atoms with E-state index in [-0.39, 0.29) is 18.3 Å². The molecule has 10 heteroatoms. The van der Waals surface area contributed by atoms with E-state index < -0.39 is 17.8 Å². The van der Waals surface area contributed by atoms with Crippen molar-refractivity contribution in [3.8, 4) is 22.9 Å². The largest absolute Gasteiger partial charge is 0.465 e. The van der Waals surface area contributed by atoms with Crippen molar-refractivity contribution < 1.29 is 23.8 Å². The van der Waals surface area contributed by atoms with Crippen molar-refractivity contribution in [2.24, 2.45) is 0 Å². The lowest BCUT2D eigenvalue weighted by molar-refractivity contribution is 0.0635. The maximum absolute atomic E-state index is 12.4. The standard InChI is InChI=1S/C24H25N5O5/c1-24(2,3)34-22(30)26-19-18(21-28-27-20(33-21)16-7-5-4-6-8-16)13-17(14-25-19)15-9-11-29(12-10-15)23(31)32/h4-9,13-14H,10-12H2,1-3H3,(H,31,32)(H,25,26,30). The fourth-order valence-corrected chi connectivity index (χ4v) is 3.44. The topological polar surface area (TPSA) is 131 Å². The molecule has 0 atom stereocenters. The zero-order chi connectivity index (χ0) is 24.3. The molecule has 0 saturated heterocycles. The minimum absolute atomic E-state index is 0.183. The van der Waals surface area contributed by atoms with Crippen LogP contribution in [0.1, 0.15) is 32.8 Å². The number of nitrogens with one attached hydrogen (secondary N) is 1. The lowest BCUT2D eigenvalue weighted by Crippen LogP contribution is -2.33. The number of pyridine rings is 1. The zero-order valence-corrected chi connectivity index (χ0v) is 19.1. The van der Waals surface area contributed by atoms with E-state index in [2.05, 4.69) is 20.5 Å². The number of aromatic nitrogens is 3. The number of ether oxygens (including phenoxy) is 1. The maximum atomic E-state index is 12.4. The highest BCUT2D eigenvalue weighted by molar-refractivity contribution is 5.89. The number of carbonyl (C=O) groups is 2. The second kappa shape index (κ2) is 9.34. The Morgan fingerprint density at radius 1 is 1.12 bits per heavy atom. The smallest absolute Gasteiger partial charge is 0.413 e. The van der Waals surface area contributed by atoms with Gasteiger partial charge in [0.25, 0.3) is 5.89 Å². The van der Waals surface area contributed by atoms with Crippen LogP contribution >= 0.6 is 0 Å². The predicted molar refractivity (Wildman–Crippen MR) is 125 cm³/mol. The third-order valence-corrected chi connectivity index (χ3v) is 5.03. The summed E-state index contributed by atoms with van der Waals surface area (Å²) in [7, 11) is 0. The Morgan fingerprint density at radius 3 is 2.50 bits per heavy atom. The van der Waals surface area contributed by atoms with E-state index in [1.807, 2.05) is 36.4 Å². The van der Waals surface area contributed by atoms with Gasteiger partial charge in [0.2, 0.25) is 5.89 Å². The van der Waals surface area contributed by atoms with Crippen LogP contribution < -0.4 is 5.32 Å². The Kier molecular flexibility index (Phi) is 6.31. The summed E-state index contributed by atoms with van der Waals surface area (Å²) in [5, 5.41) is 20.2. The zero-order valence-electron chi connectivity index (χ0n) is 19.1. The Bertz CT molecular complexity index is 1230. The fourth-order valence-electron chi connectivity index (χ4n) is 3.44. The first kappa shape index (κ1) is 23.0. The van der Waals surface area contributed by atoms with Crippen LogP contribution in [-0.2, 0) is 4.74 Å². The normalized spacial score (nSPS) is 13.9. The molecule has 3 aromatic rings. The van der Waals surface area contributed by atoms with Crippen LogP contribution in [0.2, 0.25) is 0 Å². The first-order chi connectivity index (χ1) is 16.2. The summed E-state index contributed by atoms with van der Waals surface area (Å²) in [6, 6.07) is 11.1. The second-order valence-corrected chi connectivity index (χ2v) is 8.73. The minimum atomic E-state index is -0.953. The maximum Gasteiger partial charge on any atom is 0.413 e. The van der Waals surface area contributed by atoms with Crippen molar-refractivity contribution >= 4 is 23.6 Å². The van der Waals surface area contributed by atoms with Gasteiger partial charge in [0.15, 0.2) is 0 Å². The van der Waals surface area contributed by atoms with Crippen LogP contribution in [0.4, 0.5) is 15.4 Å². The number of amides is 2. The van der Waals surface area contributed by atoms with Gasteiger partial charge in [-0.2, -0.15) is 0 Å². The quantitative estimate of drug-likeness (QED) is 0.558. The molecule has 0 aliphatic carbocycles. The van der Waals surface area contributed by atoms with Crippen molar-refractivity contribution in [1.29, 1.82) is 0 Å². The molecule has 0 saturated carbocycles. The monoisotopic (exact) mass is 463 g/mol. The molecule has 4 rings (SSSR count). The van der Waals surface area contributed by atoms with Crippen LogP contribution in [0.3, 0.4) is 0 Å². The number of carboxylic acid groups (broad SMARTS) is 1. The number of benzene rings is 1. The number of hydrogen-bond donors (Lipinski definition) is 2. The van der Waals surface area contributed by atoms with Gasteiger partial charge in [-0.1, -0.05) is 24.3 Å². The summed E-state index contributed by atoms with van der Waals surface area (Å²) in [6.45, 7) is 5.97.